The highest BCUT2D eigenvalue weighted by Gasteiger charge is 2.30. The number of carbonyl (C=O) groups excluding carboxylic acids is 1. The highest BCUT2D eigenvalue weighted by Crippen LogP contribution is 2.24. The van der Waals surface area contributed by atoms with Crippen LogP contribution in [-0.4, -0.2) is 39.9 Å². The van der Waals surface area contributed by atoms with Crippen LogP contribution in [0.25, 0.3) is 22.0 Å². The molecule has 1 unspecified atom stereocenters. The normalized spacial score (nSPS) is 17.2. The number of nitrogens with zero attached hydrogens (tertiary/aromatic N) is 2. The minimum absolute atomic E-state index is 0.107. The number of aromatic amines is 1. The summed E-state index contributed by atoms with van der Waals surface area (Å²) in [6, 6.07) is 20.6. The van der Waals surface area contributed by atoms with Crippen LogP contribution in [0.15, 0.2) is 79.3 Å². The zero-order chi connectivity index (χ0) is 20.3. The van der Waals surface area contributed by atoms with Gasteiger partial charge in [-0.05, 0) is 46.9 Å². The molecule has 0 aliphatic carbocycles. The molecule has 1 amide bonds. The van der Waals surface area contributed by atoms with Crippen LogP contribution in [0.1, 0.15) is 11.1 Å². The Morgan fingerprint density at radius 1 is 1.00 bits per heavy atom. The summed E-state index contributed by atoms with van der Waals surface area (Å²) >= 11 is 0. The molecule has 5 heteroatoms. The summed E-state index contributed by atoms with van der Waals surface area (Å²) in [7, 11) is 0. The Labute approximate surface area is 175 Å². The third-order valence-electron chi connectivity index (χ3n) is 5.86. The zero-order valence-corrected chi connectivity index (χ0v) is 16.7. The fourth-order valence-corrected chi connectivity index (χ4v) is 4.30. The first-order valence-electron chi connectivity index (χ1n) is 10.3. The van der Waals surface area contributed by atoms with E-state index in [1.54, 1.807) is 12.4 Å². The van der Waals surface area contributed by atoms with Crippen LogP contribution in [0.4, 0.5) is 0 Å². The summed E-state index contributed by atoms with van der Waals surface area (Å²) in [5, 5.41) is 4.27. The first-order chi connectivity index (χ1) is 14.8. The zero-order valence-electron chi connectivity index (χ0n) is 16.7. The fraction of sp³-hybridized carbons (Fsp3) is 0.200. The van der Waals surface area contributed by atoms with Crippen molar-refractivity contribution >= 4 is 16.8 Å². The molecule has 30 heavy (non-hydrogen) atoms. The van der Waals surface area contributed by atoms with Gasteiger partial charge in [0.15, 0.2) is 0 Å². The molecule has 0 bridgehead atoms. The highest BCUT2D eigenvalue weighted by atomic mass is 16.2. The number of piperazine rings is 1. The molecular formula is C25H24N4O. The molecule has 5 nitrogen and oxygen atoms in total. The predicted molar refractivity (Wildman–Crippen MR) is 119 cm³/mol. The molecule has 1 fully saturated rings. The molecule has 1 saturated heterocycles. The first-order valence-corrected chi connectivity index (χ1v) is 10.3. The molecular weight excluding hydrogens is 372 g/mol. The Hall–Kier alpha value is -3.44. The fourth-order valence-electron chi connectivity index (χ4n) is 4.30. The van der Waals surface area contributed by atoms with Crippen LogP contribution in [-0.2, 0) is 17.8 Å². The average Bonchev–Trinajstić information content (AvgIpc) is 3.20. The molecule has 3 heterocycles. The largest absolute Gasteiger partial charge is 0.361 e. The van der Waals surface area contributed by atoms with Crippen molar-refractivity contribution in [1.29, 1.82) is 0 Å². The number of amides is 1. The smallest absolute Gasteiger partial charge is 0.237 e. The molecule has 5 rings (SSSR count). The Morgan fingerprint density at radius 2 is 1.87 bits per heavy atom. The Kier molecular flexibility index (Phi) is 5.03. The third-order valence-corrected chi connectivity index (χ3v) is 5.86. The number of hydrogen-bond donors (Lipinski definition) is 2. The van der Waals surface area contributed by atoms with Gasteiger partial charge < -0.3 is 10.3 Å². The summed E-state index contributed by atoms with van der Waals surface area (Å²) in [6.07, 6.45) is 6.37. The molecule has 0 radical (unpaired) electrons. The van der Waals surface area contributed by atoms with Crippen molar-refractivity contribution < 1.29 is 4.79 Å². The molecule has 0 saturated carbocycles. The van der Waals surface area contributed by atoms with E-state index in [9.17, 15) is 4.79 Å². The molecule has 1 aliphatic heterocycles. The van der Waals surface area contributed by atoms with Gasteiger partial charge in [0.05, 0.1) is 6.04 Å². The molecule has 0 spiro atoms. The number of nitrogens with one attached hydrogen (secondary N) is 2. The number of rotatable bonds is 5. The van der Waals surface area contributed by atoms with Crippen molar-refractivity contribution in [3.63, 3.8) is 0 Å². The van der Waals surface area contributed by atoms with Gasteiger partial charge in [-0.1, -0.05) is 42.5 Å². The summed E-state index contributed by atoms with van der Waals surface area (Å²) < 4.78 is 0. The summed E-state index contributed by atoms with van der Waals surface area (Å²) in [6.45, 7) is 2.29. The van der Waals surface area contributed by atoms with Gasteiger partial charge in [0, 0.05) is 49.1 Å². The average molecular weight is 396 g/mol. The van der Waals surface area contributed by atoms with Gasteiger partial charge in [0.1, 0.15) is 0 Å². The van der Waals surface area contributed by atoms with Gasteiger partial charge in [0.2, 0.25) is 5.91 Å². The number of benzene rings is 2. The van der Waals surface area contributed by atoms with Crippen LogP contribution in [0.2, 0.25) is 0 Å². The highest BCUT2D eigenvalue weighted by molar-refractivity contribution is 5.84. The summed E-state index contributed by atoms with van der Waals surface area (Å²) in [5.74, 6) is 0.107. The number of pyridine rings is 1. The number of fused-ring (bicyclic) bond motifs is 1. The first kappa shape index (κ1) is 18.6. The maximum absolute atomic E-state index is 12.8. The molecule has 2 aromatic carbocycles. The number of H-pyrrole nitrogens is 1. The SMILES string of the molecule is O=C1NCCN(Cc2c[nH]c3ccccc23)C1Cc1cccc(-c2ccncc2)c1. The minimum Gasteiger partial charge on any atom is -0.361 e. The van der Waals surface area contributed by atoms with Crippen molar-refractivity contribution in [2.45, 2.75) is 19.0 Å². The van der Waals surface area contributed by atoms with Crippen molar-refractivity contribution in [3.05, 3.63) is 90.4 Å². The Morgan fingerprint density at radius 3 is 2.77 bits per heavy atom. The van der Waals surface area contributed by atoms with Gasteiger partial charge >= 0.3 is 0 Å². The van der Waals surface area contributed by atoms with Crippen molar-refractivity contribution in [1.82, 2.24) is 20.2 Å². The molecule has 2 N–H and O–H groups in total. The molecule has 150 valence electrons. The predicted octanol–water partition coefficient (Wildman–Crippen LogP) is 3.77. The van der Waals surface area contributed by atoms with E-state index >= 15 is 0 Å². The van der Waals surface area contributed by atoms with E-state index in [-0.39, 0.29) is 11.9 Å². The topological polar surface area (TPSA) is 61.0 Å². The van der Waals surface area contributed by atoms with E-state index in [4.69, 9.17) is 0 Å². The lowest BCUT2D eigenvalue weighted by molar-refractivity contribution is -0.129. The lowest BCUT2D eigenvalue weighted by Gasteiger charge is -2.35. The van der Waals surface area contributed by atoms with E-state index < -0.39 is 0 Å². The van der Waals surface area contributed by atoms with E-state index in [1.165, 1.54) is 10.9 Å². The molecule has 2 aromatic heterocycles. The monoisotopic (exact) mass is 396 g/mol. The van der Waals surface area contributed by atoms with Crippen LogP contribution < -0.4 is 5.32 Å². The van der Waals surface area contributed by atoms with E-state index in [0.717, 1.165) is 35.3 Å². The maximum Gasteiger partial charge on any atom is 0.237 e. The molecule has 1 atom stereocenters. The van der Waals surface area contributed by atoms with E-state index in [1.807, 2.05) is 18.2 Å². The third kappa shape index (κ3) is 3.72. The lowest BCUT2D eigenvalue weighted by Crippen LogP contribution is -2.55. The number of aromatic nitrogens is 2. The van der Waals surface area contributed by atoms with Gasteiger partial charge in [-0.2, -0.15) is 0 Å². The second-order valence-electron chi connectivity index (χ2n) is 7.78. The Bertz CT molecular complexity index is 1170. The van der Waals surface area contributed by atoms with Crippen LogP contribution in [0, 0.1) is 0 Å². The van der Waals surface area contributed by atoms with Gasteiger partial charge in [0.25, 0.3) is 0 Å². The van der Waals surface area contributed by atoms with Crippen molar-refractivity contribution in [2.24, 2.45) is 0 Å². The molecule has 4 aromatic rings. The Balaban J connectivity index is 1.40. The second-order valence-corrected chi connectivity index (χ2v) is 7.78. The van der Waals surface area contributed by atoms with Crippen LogP contribution >= 0.6 is 0 Å². The van der Waals surface area contributed by atoms with Crippen molar-refractivity contribution in [3.8, 4) is 11.1 Å². The van der Waals surface area contributed by atoms with Gasteiger partial charge in [-0.3, -0.25) is 14.7 Å². The second kappa shape index (κ2) is 8.13. The minimum atomic E-state index is -0.180. The van der Waals surface area contributed by atoms with E-state index in [0.29, 0.717) is 13.0 Å². The number of carbonyl (C=O) groups is 1. The molecule has 1 aliphatic rings. The number of para-hydroxylation sites is 1. The maximum atomic E-state index is 12.8. The lowest BCUT2D eigenvalue weighted by atomic mass is 9.97. The van der Waals surface area contributed by atoms with Crippen LogP contribution in [0.3, 0.4) is 0 Å². The van der Waals surface area contributed by atoms with Crippen LogP contribution in [0.5, 0.6) is 0 Å². The van der Waals surface area contributed by atoms with E-state index in [2.05, 4.69) is 68.8 Å². The standard InChI is InChI=1S/C25H24N4O/c30-25-24(15-18-4-3-5-20(14-18)19-8-10-26-11-9-19)29(13-12-27-25)17-21-16-28-23-7-2-1-6-22(21)23/h1-11,14,16,24,28H,12-13,15,17H2,(H,27,30). The van der Waals surface area contributed by atoms with Crippen molar-refractivity contribution in [2.75, 3.05) is 13.1 Å². The summed E-state index contributed by atoms with van der Waals surface area (Å²) in [5.41, 5.74) is 5.81. The number of hydrogen-bond acceptors (Lipinski definition) is 3. The summed E-state index contributed by atoms with van der Waals surface area (Å²) in [4.78, 5) is 22.5. The van der Waals surface area contributed by atoms with Gasteiger partial charge in [-0.25, -0.2) is 0 Å². The quantitative estimate of drug-likeness (QED) is 0.540. The van der Waals surface area contributed by atoms with Gasteiger partial charge in [-0.15, -0.1) is 0 Å².